The zero-order valence-electron chi connectivity index (χ0n) is 15.8. The quantitative estimate of drug-likeness (QED) is 0.335. The number of nitrogens with zero attached hydrogens (tertiary/aromatic N) is 1. The first-order chi connectivity index (χ1) is 14.3. The number of carbonyl (C=O) groups excluding carboxylic acids is 3. The number of anilines is 1. The average molecular weight is 536 g/mol. The van der Waals surface area contributed by atoms with Crippen LogP contribution < -0.4 is 19.7 Å². The topological polar surface area (TPSA) is 84.9 Å². The average Bonchev–Trinajstić information content (AvgIpc) is 2.70. The van der Waals surface area contributed by atoms with Gasteiger partial charge in [0, 0.05) is 4.47 Å². The first kappa shape index (κ1) is 21.8. The number of amides is 4. The maximum absolute atomic E-state index is 13.0. The number of nitrogens with one attached hydrogen (secondary N) is 1. The van der Waals surface area contributed by atoms with Crippen molar-refractivity contribution in [3.63, 3.8) is 0 Å². The van der Waals surface area contributed by atoms with Crippen molar-refractivity contribution in [2.75, 3.05) is 18.6 Å². The summed E-state index contributed by atoms with van der Waals surface area (Å²) in [5.74, 6) is -0.645. The fourth-order valence-corrected chi connectivity index (χ4v) is 3.74. The van der Waals surface area contributed by atoms with Gasteiger partial charge in [-0.2, -0.15) is 0 Å². The highest BCUT2D eigenvalue weighted by atomic mass is 79.9. The molecule has 0 bridgehead atoms. The lowest BCUT2D eigenvalue weighted by atomic mass is 10.1. The van der Waals surface area contributed by atoms with E-state index >= 15 is 0 Å². The summed E-state index contributed by atoms with van der Waals surface area (Å²) < 4.78 is 12.2. The summed E-state index contributed by atoms with van der Waals surface area (Å²) in [6, 6.07) is 9.14. The van der Waals surface area contributed by atoms with Crippen LogP contribution in [0.15, 0.2) is 63.6 Å². The van der Waals surface area contributed by atoms with Gasteiger partial charge < -0.3 is 9.47 Å². The number of imide groups is 2. The van der Waals surface area contributed by atoms with Gasteiger partial charge in [-0.25, -0.2) is 9.69 Å². The predicted octanol–water partition coefficient (Wildman–Crippen LogP) is 4.45. The summed E-state index contributed by atoms with van der Waals surface area (Å²) in [6.07, 6.45) is 2.99. The Morgan fingerprint density at radius 3 is 2.60 bits per heavy atom. The minimum atomic E-state index is -0.813. The summed E-state index contributed by atoms with van der Waals surface area (Å²) in [5.41, 5.74) is 0.646. The highest BCUT2D eigenvalue weighted by Gasteiger charge is 2.37. The van der Waals surface area contributed by atoms with Gasteiger partial charge in [0.15, 0.2) is 11.5 Å². The summed E-state index contributed by atoms with van der Waals surface area (Å²) in [4.78, 5) is 38.6. The van der Waals surface area contributed by atoms with E-state index in [0.29, 0.717) is 31.7 Å². The number of halogens is 2. The van der Waals surface area contributed by atoms with E-state index in [1.165, 1.54) is 13.2 Å². The number of carbonyl (C=O) groups is 3. The van der Waals surface area contributed by atoms with Gasteiger partial charge in [0.25, 0.3) is 11.8 Å². The highest BCUT2D eigenvalue weighted by Crippen LogP contribution is 2.37. The summed E-state index contributed by atoms with van der Waals surface area (Å²) in [7, 11) is 1.48. The molecule has 0 aromatic heterocycles. The first-order valence-electron chi connectivity index (χ1n) is 8.64. The molecule has 0 aliphatic carbocycles. The highest BCUT2D eigenvalue weighted by molar-refractivity contribution is 9.10. The second-order valence-electron chi connectivity index (χ2n) is 6.07. The molecule has 1 aliphatic heterocycles. The molecule has 2 aromatic carbocycles. The molecule has 154 valence electrons. The number of benzene rings is 2. The zero-order chi connectivity index (χ0) is 21.8. The lowest BCUT2D eigenvalue weighted by Gasteiger charge is -2.26. The van der Waals surface area contributed by atoms with Crippen LogP contribution in [0.2, 0.25) is 0 Å². The molecule has 2 aromatic rings. The van der Waals surface area contributed by atoms with E-state index < -0.39 is 17.8 Å². The standard InChI is InChI=1S/C21H16Br2N2O5/c1-3-7-30-18-16(23)9-12(10-17(18)29-2)8-15-19(26)24-21(28)25(20(15)27)14-6-4-5-13(22)11-14/h3-6,8-11H,1,7H2,2H3,(H,24,26,28)/b15-8+. The lowest BCUT2D eigenvalue weighted by molar-refractivity contribution is -0.122. The molecule has 1 saturated heterocycles. The van der Waals surface area contributed by atoms with E-state index in [9.17, 15) is 14.4 Å². The van der Waals surface area contributed by atoms with Crippen molar-refractivity contribution >= 4 is 61.5 Å². The Morgan fingerprint density at radius 2 is 1.93 bits per heavy atom. The Morgan fingerprint density at radius 1 is 1.17 bits per heavy atom. The molecule has 30 heavy (non-hydrogen) atoms. The molecule has 7 nitrogen and oxygen atoms in total. The van der Waals surface area contributed by atoms with Crippen LogP contribution in [0.3, 0.4) is 0 Å². The maximum Gasteiger partial charge on any atom is 0.335 e. The molecule has 1 N–H and O–H groups in total. The molecular weight excluding hydrogens is 520 g/mol. The maximum atomic E-state index is 13.0. The Hall–Kier alpha value is -2.91. The second-order valence-corrected chi connectivity index (χ2v) is 7.84. The van der Waals surface area contributed by atoms with E-state index in [-0.39, 0.29) is 12.2 Å². The molecule has 1 heterocycles. The van der Waals surface area contributed by atoms with E-state index in [4.69, 9.17) is 9.47 Å². The third-order valence-corrected chi connectivity index (χ3v) is 5.16. The third kappa shape index (κ3) is 4.47. The van der Waals surface area contributed by atoms with Crippen LogP contribution in [-0.4, -0.2) is 31.6 Å². The normalized spacial score (nSPS) is 15.2. The zero-order valence-corrected chi connectivity index (χ0v) is 18.9. The number of ether oxygens (including phenoxy) is 2. The third-order valence-electron chi connectivity index (χ3n) is 4.08. The number of hydrogen-bond donors (Lipinski definition) is 1. The van der Waals surface area contributed by atoms with Crippen molar-refractivity contribution in [1.82, 2.24) is 5.32 Å². The van der Waals surface area contributed by atoms with Gasteiger partial charge in [0.1, 0.15) is 12.2 Å². The van der Waals surface area contributed by atoms with Gasteiger partial charge in [-0.15, -0.1) is 0 Å². The molecule has 3 rings (SSSR count). The van der Waals surface area contributed by atoms with Crippen molar-refractivity contribution in [2.45, 2.75) is 0 Å². The van der Waals surface area contributed by atoms with Crippen molar-refractivity contribution in [3.8, 4) is 11.5 Å². The van der Waals surface area contributed by atoms with Gasteiger partial charge in [0.05, 0.1) is 17.3 Å². The summed E-state index contributed by atoms with van der Waals surface area (Å²) in [6.45, 7) is 3.89. The second kappa shape index (κ2) is 9.27. The van der Waals surface area contributed by atoms with Crippen molar-refractivity contribution in [3.05, 3.63) is 69.1 Å². The van der Waals surface area contributed by atoms with Crippen molar-refractivity contribution in [1.29, 1.82) is 0 Å². The SMILES string of the molecule is C=CCOc1c(Br)cc(/C=C2\C(=O)NC(=O)N(c3cccc(Br)c3)C2=O)cc1OC. The van der Waals surface area contributed by atoms with Crippen LogP contribution in [-0.2, 0) is 9.59 Å². The van der Waals surface area contributed by atoms with E-state index in [2.05, 4.69) is 43.8 Å². The molecule has 0 saturated carbocycles. The van der Waals surface area contributed by atoms with E-state index in [1.807, 2.05) is 0 Å². The van der Waals surface area contributed by atoms with Gasteiger partial charge in [-0.3, -0.25) is 14.9 Å². The molecule has 0 atom stereocenters. The van der Waals surface area contributed by atoms with Crippen LogP contribution in [0.1, 0.15) is 5.56 Å². The smallest absolute Gasteiger partial charge is 0.335 e. The molecule has 0 radical (unpaired) electrons. The predicted molar refractivity (Wildman–Crippen MR) is 120 cm³/mol. The summed E-state index contributed by atoms with van der Waals surface area (Å²) >= 11 is 6.72. The monoisotopic (exact) mass is 534 g/mol. The van der Waals surface area contributed by atoms with Crippen LogP contribution in [0, 0.1) is 0 Å². The number of barbiturate groups is 1. The van der Waals surface area contributed by atoms with Crippen molar-refractivity contribution < 1.29 is 23.9 Å². The van der Waals surface area contributed by atoms with Gasteiger partial charge in [-0.05, 0) is 57.9 Å². The van der Waals surface area contributed by atoms with Crippen LogP contribution >= 0.6 is 31.9 Å². The number of urea groups is 1. The number of rotatable bonds is 6. The van der Waals surface area contributed by atoms with Gasteiger partial charge in [0.2, 0.25) is 0 Å². The number of hydrogen-bond acceptors (Lipinski definition) is 5. The Kier molecular flexibility index (Phi) is 6.73. The largest absolute Gasteiger partial charge is 0.493 e. The molecule has 0 spiro atoms. The molecule has 0 unspecified atom stereocenters. The fourth-order valence-electron chi connectivity index (χ4n) is 2.78. The van der Waals surface area contributed by atoms with Crippen molar-refractivity contribution in [2.24, 2.45) is 0 Å². The Bertz CT molecular complexity index is 1080. The molecular formula is C21H16Br2N2O5. The Balaban J connectivity index is 2.02. The fraction of sp³-hybridized carbons (Fsp3) is 0.0952. The van der Waals surface area contributed by atoms with E-state index in [1.54, 1.807) is 42.5 Å². The molecule has 1 aliphatic rings. The minimum absolute atomic E-state index is 0.191. The molecule has 9 heteroatoms. The van der Waals surface area contributed by atoms with E-state index in [0.717, 1.165) is 4.90 Å². The number of methoxy groups -OCH3 is 1. The van der Waals surface area contributed by atoms with Crippen LogP contribution in [0.4, 0.5) is 10.5 Å². The lowest BCUT2D eigenvalue weighted by Crippen LogP contribution is -2.54. The van der Waals surface area contributed by atoms with Crippen LogP contribution in [0.25, 0.3) is 6.08 Å². The van der Waals surface area contributed by atoms with Gasteiger partial charge in [-0.1, -0.05) is 34.7 Å². The Labute approximate surface area is 189 Å². The van der Waals surface area contributed by atoms with Crippen LogP contribution in [0.5, 0.6) is 11.5 Å². The molecule has 4 amide bonds. The minimum Gasteiger partial charge on any atom is -0.493 e. The first-order valence-corrected chi connectivity index (χ1v) is 10.2. The van der Waals surface area contributed by atoms with Gasteiger partial charge >= 0.3 is 6.03 Å². The summed E-state index contributed by atoms with van der Waals surface area (Å²) in [5, 5.41) is 2.20. The molecule has 1 fully saturated rings.